The van der Waals surface area contributed by atoms with Gasteiger partial charge in [-0.2, -0.15) is 0 Å². The van der Waals surface area contributed by atoms with Gasteiger partial charge >= 0.3 is 0 Å². The van der Waals surface area contributed by atoms with E-state index in [0.717, 1.165) is 0 Å². The van der Waals surface area contributed by atoms with Crippen molar-refractivity contribution in [2.24, 2.45) is 0 Å². The van der Waals surface area contributed by atoms with E-state index in [1.807, 2.05) is 0 Å². The third-order valence-corrected chi connectivity index (χ3v) is 5.77. The Balaban J connectivity index is 2.25. The molecule has 0 N–H and O–H groups in total. The maximum absolute atomic E-state index is 3.80. The molecule has 1 rings (SSSR count). The average molecular weight is 395 g/mol. The molecule has 0 aliphatic carbocycles. The van der Waals surface area contributed by atoms with E-state index >= 15 is 0 Å². The van der Waals surface area contributed by atoms with Gasteiger partial charge in [-0.05, 0) is 62.8 Å². The molecule has 0 bridgehead atoms. The molecule has 0 spiro atoms. The van der Waals surface area contributed by atoms with Crippen molar-refractivity contribution in [3.63, 3.8) is 0 Å². The first kappa shape index (κ1) is 21.7. The third kappa shape index (κ3) is 7.72. The van der Waals surface area contributed by atoms with Crippen molar-refractivity contribution in [3.8, 4) is 0 Å². The molecule has 138 valence electrons. The van der Waals surface area contributed by atoms with Gasteiger partial charge in [0.2, 0.25) is 0 Å². The van der Waals surface area contributed by atoms with Crippen LogP contribution < -0.4 is 0 Å². The van der Waals surface area contributed by atoms with Crippen LogP contribution in [0.1, 0.15) is 107 Å². The predicted octanol–water partition coefficient (Wildman–Crippen LogP) is 8.40. The second-order valence-corrected chi connectivity index (χ2v) is 9.91. The summed E-state index contributed by atoms with van der Waals surface area (Å²) in [7, 11) is 0. The Bertz CT molecular complexity index is 468. The quantitative estimate of drug-likeness (QED) is 0.246. The lowest BCUT2D eigenvalue weighted by atomic mass is 9.90. The normalized spacial score (nSPS) is 11.9. The highest BCUT2D eigenvalue weighted by molar-refractivity contribution is 9.09. The number of rotatable bonds is 12. The highest BCUT2D eigenvalue weighted by Crippen LogP contribution is 2.34. The Morgan fingerprint density at radius 2 is 1.25 bits per heavy atom. The highest BCUT2D eigenvalue weighted by atomic mass is 79.9. The van der Waals surface area contributed by atoms with Crippen LogP contribution in [0.4, 0.5) is 0 Å². The molecule has 0 saturated carbocycles. The van der Waals surface area contributed by atoms with E-state index in [2.05, 4.69) is 62.7 Å². The van der Waals surface area contributed by atoms with Crippen LogP contribution in [0, 0.1) is 13.8 Å². The van der Waals surface area contributed by atoms with E-state index in [4.69, 9.17) is 0 Å². The number of hydrogen-bond donors (Lipinski definition) is 0. The van der Waals surface area contributed by atoms with Crippen molar-refractivity contribution in [3.05, 3.63) is 34.4 Å². The third-order valence-electron chi connectivity index (χ3n) is 5.34. The van der Waals surface area contributed by atoms with Crippen LogP contribution in [0.5, 0.6) is 0 Å². The smallest absolute Gasteiger partial charge is 0.0452 e. The summed E-state index contributed by atoms with van der Waals surface area (Å²) in [6, 6.07) is 4.68. The summed E-state index contributed by atoms with van der Waals surface area (Å²) in [4.78, 5) is 0. The van der Waals surface area contributed by atoms with Crippen LogP contribution in [0.15, 0.2) is 12.1 Å². The van der Waals surface area contributed by atoms with E-state index in [1.54, 1.807) is 5.56 Å². The molecule has 0 radical (unpaired) electrons. The number of unbranched alkanes of at least 4 members (excludes halogenated alkanes) is 9. The fourth-order valence-electron chi connectivity index (χ4n) is 3.59. The zero-order chi connectivity index (χ0) is 18.0. The molecule has 0 nitrogen and oxygen atoms in total. The van der Waals surface area contributed by atoms with Crippen molar-refractivity contribution < 1.29 is 0 Å². The minimum Gasteiger partial charge on any atom is -0.0807 e. The molecule has 0 saturated heterocycles. The largest absolute Gasteiger partial charge is 0.0807 e. The van der Waals surface area contributed by atoms with Gasteiger partial charge in [0.1, 0.15) is 0 Å². The van der Waals surface area contributed by atoms with Crippen molar-refractivity contribution in [2.45, 2.75) is 110 Å². The zero-order valence-corrected chi connectivity index (χ0v) is 18.4. The Kier molecular flexibility index (Phi) is 10.3. The molecule has 0 aromatic heterocycles. The van der Waals surface area contributed by atoms with Crippen molar-refractivity contribution in [2.75, 3.05) is 0 Å². The molecule has 0 aliphatic rings. The van der Waals surface area contributed by atoms with Gasteiger partial charge in [-0.1, -0.05) is 92.8 Å². The van der Waals surface area contributed by atoms with Crippen LogP contribution in [0.25, 0.3) is 0 Å². The molecule has 0 fully saturated rings. The van der Waals surface area contributed by atoms with Crippen LogP contribution in [-0.4, -0.2) is 0 Å². The number of hydrogen-bond acceptors (Lipinski definition) is 0. The molecule has 0 atom stereocenters. The summed E-state index contributed by atoms with van der Waals surface area (Å²) >= 11 is 3.80. The average Bonchev–Trinajstić information content (AvgIpc) is 2.52. The van der Waals surface area contributed by atoms with E-state index in [0.29, 0.717) is 0 Å². The standard InChI is InChI=1S/C23H39Br/c1-6-7-8-9-10-11-12-13-14-15-16-21-17-18-22(23(4,5)24)20(3)19(21)2/h17-18H,6-16H2,1-5H3. The van der Waals surface area contributed by atoms with Gasteiger partial charge < -0.3 is 0 Å². The minimum atomic E-state index is 0.0670. The Morgan fingerprint density at radius 3 is 1.75 bits per heavy atom. The lowest BCUT2D eigenvalue weighted by Crippen LogP contribution is -2.11. The summed E-state index contributed by atoms with van der Waals surface area (Å²) in [6.45, 7) is 11.3. The summed E-state index contributed by atoms with van der Waals surface area (Å²) < 4.78 is 0.0670. The molecule has 1 aromatic carbocycles. The number of alkyl halides is 1. The van der Waals surface area contributed by atoms with Gasteiger partial charge in [0.15, 0.2) is 0 Å². The van der Waals surface area contributed by atoms with Gasteiger partial charge in [-0.15, -0.1) is 0 Å². The minimum absolute atomic E-state index is 0.0670. The van der Waals surface area contributed by atoms with E-state index in [9.17, 15) is 0 Å². The van der Waals surface area contributed by atoms with Gasteiger partial charge in [0.05, 0.1) is 0 Å². The Hall–Kier alpha value is -0.300. The number of benzene rings is 1. The van der Waals surface area contributed by atoms with E-state index in [-0.39, 0.29) is 4.32 Å². The van der Waals surface area contributed by atoms with Crippen molar-refractivity contribution >= 4 is 15.9 Å². The first-order chi connectivity index (χ1) is 11.4. The maximum atomic E-state index is 3.80. The van der Waals surface area contributed by atoms with Gasteiger partial charge in [-0.3, -0.25) is 0 Å². The Morgan fingerprint density at radius 1 is 0.750 bits per heavy atom. The molecule has 0 unspecified atom stereocenters. The molecule has 1 heteroatoms. The van der Waals surface area contributed by atoms with Gasteiger partial charge in [0, 0.05) is 4.32 Å². The zero-order valence-electron chi connectivity index (χ0n) is 16.8. The van der Waals surface area contributed by atoms with Gasteiger partial charge in [0.25, 0.3) is 0 Å². The monoisotopic (exact) mass is 394 g/mol. The summed E-state index contributed by atoms with van der Waals surface area (Å²) in [5.74, 6) is 0. The second kappa shape index (κ2) is 11.3. The molecular weight excluding hydrogens is 356 g/mol. The molecular formula is C23H39Br. The maximum Gasteiger partial charge on any atom is 0.0452 e. The lowest BCUT2D eigenvalue weighted by molar-refractivity contribution is 0.556. The summed E-state index contributed by atoms with van der Waals surface area (Å²) in [6.07, 6.45) is 15.4. The highest BCUT2D eigenvalue weighted by Gasteiger charge is 2.19. The van der Waals surface area contributed by atoms with E-state index in [1.165, 1.54) is 87.3 Å². The first-order valence-electron chi connectivity index (χ1n) is 10.2. The summed E-state index contributed by atoms with van der Waals surface area (Å²) in [5.41, 5.74) is 5.93. The van der Waals surface area contributed by atoms with Crippen LogP contribution in [-0.2, 0) is 10.7 Å². The number of aryl methyl sites for hydroxylation is 1. The van der Waals surface area contributed by atoms with Gasteiger partial charge in [-0.25, -0.2) is 0 Å². The number of halogens is 1. The first-order valence-corrected chi connectivity index (χ1v) is 11.0. The SMILES string of the molecule is CCCCCCCCCCCCc1ccc(C(C)(C)Br)c(C)c1C. The fraction of sp³-hybridized carbons (Fsp3) is 0.739. The predicted molar refractivity (Wildman–Crippen MR) is 113 cm³/mol. The van der Waals surface area contributed by atoms with Crippen molar-refractivity contribution in [1.82, 2.24) is 0 Å². The summed E-state index contributed by atoms with van der Waals surface area (Å²) in [5, 5.41) is 0. The van der Waals surface area contributed by atoms with Crippen molar-refractivity contribution in [1.29, 1.82) is 0 Å². The molecule has 0 amide bonds. The van der Waals surface area contributed by atoms with Crippen LogP contribution in [0.2, 0.25) is 0 Å². The van der Waals surface area contributed by atoms with Crippen LogP contribution in [0.3, 0.4) is 0 Å². The molecule has 0 heterocycles. The fourth-order valence-corrected chi connectivity index (χ4v) is 4.02. The van der Waals surface area contributed by atoms with E-state index < -0.39 is 0 Å². The molecule has 1 aromatic rings. The molecule has 0 aliphatic heterocycles. The lowest BCUT2D eigenvalue weighted by Gasteiger charge is -2.22. The topological polar surface area (TPSA) is 0 Å². The Labute approximate surface area is 160 Å². The van der Waals surface area contributed by atoms with Crippen LogP contribution >= 0.6 is 15.9 Å². The second-order valence-electron chi connectivity index (χ2n) is 7.93. The molecule has 24 heavy (non-hydrogen) atoms.